The zero-order chi connectivity index (χ0) is 20.9. The molecule has 6 heteroatoms. The zero-order valence-electron chi connectivity index (χ0n) is 16.5. The predicted molar refractivity (Wildman–Crippen MR) is 122 cm³/mol. The van der Waals surface area contributed by atoms with Gasteiger partial charge in [0.2, 0.25) is 0 Å². The van der Waals surface area contributed by atoms with Crippen LogP contribution in [0.5, 0.6) is 0 Å². The second-order valence-electron chi connectivity index (χ2n) is 6.77. The highest BCUT2D eigenvalue weighted by molar-refractivity contribution is 7.98. The first-order chi connectivity index (χ1) is 14.7. The van der Waals surface area contributed by atoms with Crippen LogP contribution in [0.2, 0.25) is 5.02 Å². The Morgan fingerprint density at radius 3 is 2.60 bits per heavy atom. The average Bonchev–Trinajstić information content (AvgIpc) is 3.10. The summed E-state index contributed by atoms with van der Waals surface area (Å²) in [7, 11) is 0. The normalized spacial score (nSPS) is 11.0. The maximum absolute atomic E-state index is 12.1. The van der Waals surface area contributed by atoms with Gasteiger partial charge >= 0.3 is 5.97 Å². The van der Waals surface area contributed by atoms with E-state index in [-0.39, 0.29) is 5.97 Å². The Hall–Kier alpha value is -2.76. The highest BCUT2D eigenvalue weighted by Crippen LogP contribution is 2.30. The van der Waals surface area contributed by atoms with Crippen molar-refractivity contribution in [1.82, 2.24) is 9.55 Å². The Morgan fingerprint density at radius 1 is 1.07 bits per heavy atom. The SMILES string of the molecule is CCOC(=O)c1ccc2c(c1)nc(SCc1ccccc1Cl)n2Cc1ccccc1. The van der Waals surface area contributed by atoms with E-state index in [1.165, 1.54) is 5.56 Å². The number of benzene rings is 3. The molecule has 0 aliphatic heterocycles. The summed E-state index contributed by atoms with van der Waals surface area (Å²) in [4.78, 5) is 17.0. The van der Waals surface area contributed by atoms with Gasteiger partial charge in [-0.05, 0) is 42.3 Å². The van der Waals surface area contributed by atoms with Gasteiger partial charge in [0.05, 0.1) is 29.7 Å². The summed E-state index contributed by atoms with van der Waals surface area (Å²) in [6.45, 7) is 2.84. The summed E-state index contributed by atoms with van der Waals surface area (Å²) in [5, 5.41) is 1.63. The van der Waals surface area contributed by atoms with E-state index in [0.717, 1.165) is 26.8 Å². The molecule has 0 N–H and O–H groups in total. The van der Waals surface area contributed by atoms with Gasteiger partial charge < -0.3 is 9.30 Å². The molecule has 0 amide bonds. The summed E-state index contributed by atoms with van der Waals surface area (Å²) < 4.78 is 7.32. The smallest absolute Gasteiger partial charge is 0.338 e. The number of esters is 1. The number of halogens is 1. The van der Waals surface area contributed by atoms with Crippen molar-refractivity contribution in [2.75, 3.05) is 6.61 Å². The number of carbonyl (C=O) groups is 1. The molecule has 1 aromatic heterocycles. The molecule has 0 fully saturated rings. The summed E-state index contributed by atoms with van der Waals surface area (Å²) >= 11 is 7.97. The first kappa shape index (κ1) is 20.5. The number of thioether (sulfide) groups is 1. The van der Waals surface area contributed by atoms with Gasteiger partial charge in [-0.3, -0.25) is 0 Å². The second kappa shape index (κ2) is 9.37. The van der Waals surface area contributed by atoms with E-state index in [9.17, 15) is 4.79 Å². The van der Waals surface area contributed by atoms with Gasteiger partial charge in [-0.15, -0.1) is 0 Å². The molecular weight excluding hydrogens is 416 g/mol. The highest BCUT2D eigenvalue weighted by Gasteiger charge is 2.15. The minimum Gasteiger partial charge on any atom is -0.462 e. The molecule has 0 spiro atoms. The second-order valence-corrected chi connectivity index (χ2v) is 8.12. The molecule has 4 nitrogen and oxygen atoms in total. The van der Waals surface area contributed by atoms with E-state index < -0.39 is 0 Å². The number of ether oxygens (including phenoxy) is 1. The van der Waals surface area contributed by atoms with Crippen molar-refractivity contribution in [3.63, 3.8) is 0 Å². The van der Waals surface area contributed by atoms with Crippen molar-refractivity contribution < 1.29 is 9.53 Å². The van der Waals surface area contributed by atoms with E-state index in [1.807, 2.05) is 48.5 Å². The third-order valence-electron chi connectivity index (χ3n) is 4.72. The van der Waals surface area contributed by atoms with Gasteiger partial charge in [-0.2, -0.15) is 0 Å². The lowest BCUT2D eigenvalue weighted by Gasteiger charge is -2.10. The van der Waals surface area contributed by atoms with Crippen LogP contribution in [0, 0.1) is 0 Å². The number of hydrogen-bond acceptors (Lipinski definition) is 4. The van der Waals surface area contributed by atoms with E-state index >= 15 is 0 Å². The average molecular weight is 437 g/mol. The van der Waals surface area contributed by atoms with Crippen molar-refractivity contribution in [1.29, 1.82) is 0 Å². The van der Waals surface area contributed by atoms with Crippen molar-refractivity contribution in [3.8, 4) is 0 Å². The van der Waals surface area contributed by atoms with Crippen molar-refractivity contribution in [2.45, 2.75) is 24.4 Å². The molecule has 0 saturated carbocycles. The van der Waals surface area contributed by atoms with Crippen LogP contribution in [0.3, 0.4) is 0 Å². The van der Waals surface area contributed by atoms with Crippen molar-refractivity contribution in [3.05, 3.63) is 94.5 Å². The third kappa shape index (κ3) is 4.53. The molecule has 0 radical (unpaired) electrons. The van der Waals surface area contributed by atoms with Gasteiger partial charge in [0.1, 0.15) is 0 Å². The summed E-state index contributed by atoms with van der Waals surface area (Å²) in [5.41, 5.74) is 4.52. The minimum atomic E-state index is -0.331. The maximum Gasteiger partial charge on any atom is 0.338 e. The van der Waals surface area contributed by atoms with Gasteiger partial charge in [-0.25, -0.2) is 9.78 Å². The fourth-order valence-electron chi connectivity index (χ4n) is 3.24. The molecule has 4 aromatic rings. The molecule has 0 bridgehead atoms. The largest absolute Gasteiger partial charge is 0.462 e. The Balaban J connectivity index is 1.71. The molecule has 1 heterocycles. The van der Waals surface area contributed by atoms with Crippen molar-refractivity contribution in [2.24, 2.45) is 0 Å². The maximum atomic E-state index is 12.1. The Labute approximate surface area is 184 Å². The van der Waals surface area contributed by atoms with E-state index in [2.05, 4.69) is 16.7 Å². The summed E-state index contributed by atoms with van der Waals surface area (Å²) in [6.07, 6.45) is 0. The third-order valence-corrected chi connectivity index (χ3v) is 6.12. The molecule has 4 rings (SSSR count). The van der Waals surface area contributed by atoms with Crippen LogP contribution in [0.1, 0.15) is 28.4 Å². The fourth-order valence-corrected chi connectivity index (χ4v) is 4.54. The van der Waals surface area contributed by atoms with Crippen LogP contribution >= 0.6 is 23.4 Å². The monoisotopic (exact) mass is 436 g/mol. The quantitative estimate of drug-likeness (QED) is 0.255. The van der Waals surface area contributed by atoms with Crippen LogP contribution < -0.4 is 0 Å². The lowest BCUT2D eigenvalue weighted by molar-refractivity contribution is 0.0526. The molecule has 0 aliphatic carbocycles. The molecule has 0 atom stereocenters. The number of hydrogen-bond donors (Lipinski definition) is 0. The molecular formula is C24H21ClN2O2S. The number of carbonyl (C=O) groups excluding carboxylic acids is 1. The number of imidazole rings is 1. The molecule has 3 aromatic carbocycles. The number of rotatable bonds is 7. The van der Waals surface area contributed by atoms with Crippen LogP contribution in [0.4, 0.5) is 0 Å². The Morgan fingerprint density at radius 2 is 1.83 bits per heavy atom. The van der Waals surface area contributed by atoms with Gasteiger partial charge in [0.25, 0.3) is 0 Å². The van der Waals surface area contributed by atoms with Gasteiger partial charge in [0.15, 0.2) is 5.16 Å². The fraction of sp³-hybridized carbons (Fsp3) is 0.167. The van der Waals surface area contributed by atoms with Crippen molar-refractivity contribution >= 4 is 40.4 Å². The number of nitrogens with zero attached hydrogens (tertiary/aromatic N) is 2. The molecule has 30 heavy (non-hydrogen) atoms. The van der Waals surface area contributed by atoms with Crippen LogP contribution in [0.25, 0.3) is 11.0 Å². The predicted octanol–water partition coefficient (Wildman–Crippen LogP) is 6.21. The summed E-state index contributed by atoms with van der Waals surface area (Å²) in [6, 6.07) is 23.6. The molecule has 0 unspecified atom stereocenters. The Kier molecular flexibility index (Phi) is 6.41. The molecule has 0 saturated heterocycles. The standard InChI is InChI=1S/C24H21ClN2O2S/c1-2-29-23(28)18-12-13-22-21(14-18)26-24(27(22)15-17-8-4-3-5-9-17)30-16-19-10-6-7-11-20(19)25/h3-14H,2,15-16H2,1H3. The first-order valence-corrected chi connectivity index (χ1v) is 11.1. The first-order valence-electron chi connectivity index (χ1n) is 9.73. The zero-order valence-corrected chi connectivity index (χ0v) is 18.1. The van der Waals surface area contributed by atoms with Gasteiger partial charge in [0, 0.05) is 10.8 Å². The lowest BCUT2D eigenvalue weighted by Crippen LogP contribution is -2.04. The Bertz CT molecular complexity index is 1170. The molecule has 152 valence electrons. The van der Waals surface area contributed by atoms with Crippen LogP contribution in [-0.2, 0) is 17.0 Å². The van der Waals surface area contributed by atoms with Crippen LogP contribution in [0.15, 0.2) is 78.0 Å². The topological polar surface area (TPSA) is 44.1 Å². The minimum absolute atomic E-state index is 0.331. The van der Waals surface area contributed by atoms with E-state index in [0.29, 0.717) is 24.5 Å². The summed E-state index contributed by atoms with van der Waals surface area (Å²) in [5.74, 6) is 0.380. The van der Waals surface area contributed by atoms with E-state index in [4.69, 9.17) is 21.3 Å². The number of fused-ring (bicyclic) bond motifs is 1. The lowest BCUT2D eigenvalue weighted by atomic mass is 10.2. The number of aromatic nitrogens is 2. The van der Waals surface area contributed by atoms with Gasteiger partial charge in [-0.1, -0.05) is 71.9 Å². The van der Waals surface area contributed by atoms with Crippen LogP contribution in [-0.4, -0.2) is 22.1 Å². The molecule has 0 aliphatic rings. The highest BCUT2D eigenvalue weighted by atomic mass is 35.5. The van der Waals surface area contributed by atoms with E-state index in [1.54, 1.807) is 30.8 Å².